The van der Waals surface area contributed by atoms with Crippen LogP contribution in [0.25, 0.3) is 6.08 Å². The van der Waals surface area contributed by atoms with Crippen molar-refractivity contribution in [2.45, 2.75) is 6.92 Å². The van der Waals surface area contributed by atoms with Gasteiger partial charge in [0.1, 0.15) is 0 Å². The summed E-state index contributed by atoms with van der Waals surface area (Å²) in [5, 5.41) is 0. The average molecular weight is 175 g/mol. The van der Waals surface area contributed by atoms with Crippen molar-refractivity contribution in [1.82, 2.24) is 0 Å². The van der Waals surface area contributed by atoms with Crippen LogP contribution < -0.4 is 5.73 Å². The fraction of sp³-hybridized carbons (Fsp3) is 0.182. The number of carbonyl (C=O) groups excluding carboxylic acids is 1. The monoisotopic (exact) mass is 175 g/mol. The number of carbonyl (C=O) groups is 1. The lowest BCUT2D eigenvalue weighted by molar-refractivity contribution is 0.112. The summed E-state index contributed by atoms with van der Waals surface area (Å²) < 4.78 is 0. The van der Waals surface area contributed by atoms with Gasteiger partial charge in [-0.25, -0.2) is 0 Å². The van der Waals surface area contributed by atoms with Gasteiger partial charge in [0.15, 0.2) is 6.29 Å². The Morgan fingerprint density at radius 2 is 2.15 bits per heavy atom. The molecular formula is C11H13NO. The second-order valence-electron chi connectivity index (χ2n) is 2.89. The molecule has 0 saturated carbocycles. The highest BCUT2D eigenvalue weighted by Gasteiger charge is 1.96. The largest absolute Gasteiger partial charge is 0.327 e. The number of aldehydes is 1. The van der Waals surface area contributed by atoms with Crippen LogP contribution >= 0.6 is 0 Å². The van der Waals surface area contributed by atoms with Crippen LogP contribution in [0.5, 0.6) is 0 Å². The molecule has 1 rings (SSSR count). The first-order valence-corrected chi connectivity index (χ1v) is 4.20. The highest BCUT2D eigenvalue weighted by Crippen LogP contribution is 2.11. The van der Waals surface area contributed by atoms with E-state index < -0.39 is 0 Å². The van der Waals surface area contributed by atoms with Gasteiger partial charge in [0, 0.05) is 12.1 Å². The molecule has 2 heteroatoms. The molecule has 0 aliphatic heterocycles. The first-order chi connectivity index (χ1) is 6.27. The van der Waals surface area contributed by atoms with Gasteiger partial charge in [-0.2, -0.15) is 0 Å². The van der Waals surface area contributed by atoms with Gasteiger partial charge in [-0.05, 0) is 12.5 Å². The molecule has 0 radical (unpaired) electrons. The van der Waals surface area contributed by atoms with E-state index in [0.29, 0.717) is 12.1 Å². The first kappa shape index (κ1) is 9.68. The Balaban J connectivity index is 3.08. The van der Waals surface area contributed by atoms with Crippen LogP contribution in [0.4, 0.5) is 0 Å². The van der Waals surface area contributed by atoms with Crippen molar-refractivity contribution in [2.24, 2.45) is 5.73 Å². The minimum atomic E-state index is 0.492. The van der Waals surface area contributed by atoms with E-state index in [1.165, 1.54) is 0 Å². The predicted octanol–water partition coefficient (Wildman–Crippen LogP) is 1.78. The molecule has 0 saturated heterocycles. The molecule has 0 spiro atoms. The number of aryl methyl sites for hydroxylation is 1. The smallest absolute Gasteiger partial charge is 0.150 e. The van der Waals surface area contributed by atoms with Crippen LogP contribution in [-0.4, -0.2) is 12.8 Å². The minimum absolute atomic E-state index is 0.492. The van der Waals surface area contributed by atoms with Crippen molar-refractivity contribution in [1.29, 1.82) is 0 Å². The Morgan fingerprint density at radius 1 is 1.38 bits per heavy atom. The van der Waals surface area contributed by atoms with Gasteiger partial charge < -0.3 is 5.73 Å². The van der Waals surface area contributed by atoms with Gasteiger partial charge in [-0.15, -0.1) is 0 Å². The standard InChI is InChI=1S/C11H13NO/c1-9-4-5-11(8-13)10(7-9)3-2-6-12/h2-5,7-8H,6,12H2,1H3/b3-2+. The molecule has 1 aromatic carbocycles. The number of rotatable bonds is 3. The molecule has 0 aliphatic rings. The summed E-state index contributed by atoms with van der Waals surface area (Å²) in [7, 11) is 0. The van der Waals surface area contributed by atoms with E-state index in [4.69, 9.17) is 5.73 Å². The number of hydrogen-bond acceptors (Lipinski definition) is 2. The fourth-order valence-electron chi connectivity index (χ4n) is 1.14. The van der Waals surface area contributed by atoms with E-state index in [-0.39, 0.29) is 0 Å². The van der Waals surface area contributed by atoms with E-state index >= 15 is 0 Å². The van der Waals surface area contributed by atoms with E-state index in [1.54, 1.807) is 0 Å². The molecular weight excluding hydrogens is 162 g/mol. The molecule has 0 aromatic heterocycles. The number of benzene rings is 1. The molecule has 0 heterocycles. The molecule has 0 unspecified atom stereocenters. The lowest BCUT2D eigenvalue weighted by atomic mass is 10.1. The second kappa shape index (κ2) is 4.58. The van der Waals surface area contributed by atoms with Crippen molar-refractivity contribution < 1.29 is 4.79 Å². The summed E-state index contributed by atoms with van der Waals surface area (Å²) in [5.74, 6) is 0. The van der Waals surface area contributed by atoms with E-state index in [0.717, 1.165) is 17.4 Å². The van der Waals surface area contributed by atoms with Crippen LogP contribution in [-0.2, 0) is 0 Å². The van der Waals surface area contributed by atoms with Gasteiger partial charge in [0.05, 0.1) is 0 Å². The third-order valence-corrected chi connectivity index (χ3v) is 1.80. The highest BCUT2D eigenvalue weighted by molar-refractivity contribution is 5.82. The van der Waals surface area contributed by atoms with Gasteiger partial charge in [-0.1, -0.05) is 35.9 Å². The van der Waals surface area contributed by atoms with E-state index in [9.17, 15) is 4.79 Å². The third kappa shape index (κ3) is 2.53. The molecule has 68 valence electrons. The van der Waals surface area contributed by atoms with Crippen molar-refractivity contribution in [3.05, 3.63) is 41.0 Å². The summed E-state index contributed by atoms with van der Waals surface area (Å²) in [5.41, 5.74) is 8.11. The Bertz CT molecular complexity index is 329. The fourth-order valence-corrected chi connectivity index (χ4v) is 1.14. The molecule has 2 nitrogen and oxygen atoms in total. The zero-order valence-corrected chi connectivity index (χ0v) is 7.66. The predicted molar refractivity (Wildman–Crippen MR) is 54.7 cm³/mol. The summed E-state index contributed by atoms with van der Waals surface area (Å²) >= 11 is 0. The highest BCUT2D eigenvalue weighted by atomic mass is 16.1. The third-order valence-electron chi connectivity index (χ3n) is 1.80. The van der Waals surface area contributed by atoms with Gasteiger partial charge >= 0.3 is 0 Å². The normalized spacial score (nSPS) is 10.6. The van der Waals surface area contributed by atoms with Crippen LogP contribution in [0.1, 0.15) is 21.5 Å². The Hall–Kier alpha value is -1.41. The molecule has 2 N–H and O–H groups in total. The maximum absolute atomic E-state index is 10.6. The zero-order chi connectivity index (χ0) is 9.68. The maximum atomic E-state index is 10.6. The van der Waals surface area contributed by atoms with Crippen LogP contribution in [0.15, 0.2) is 24.3 Å². The van der Waals surface area contributed by atoms with Crippen molar-refractivity contribution in [2.75, 3.05) is 6.54 Å². The van der Waals surface area contributed by atoms with Crippen molar-refractivity contribution in [3.63, 3.8) is 0 Å². The summed E-state index contributed by atoms with van der Waals surface area (Å²) in [6, 6.07) is 5.71. The van der Waals surface area contributed by atoms with Crippen molar-refractivity contribution >= 4 is 12.4 Å². The van der Waals surface area contributed by atoms with Crippen molar-refractivity contribution in [3.8, 4) is 0 Å². The van der Waals surface area contributed by atoms with Gasteiger partial charge in [0.2, 0.25) is 0 Å². The van der Waals surface area contributed by atoms with Crippen LogP contribution in [0, 0.1) is 6.92 Å². The number of hydrogen-bond donors (Lipinski definition) is 1. The Morgan fingerprint density at radius 3 is 2.77 bits per heavy atom. The second-order valence-corrected chi connectivity index (χ2v) is 2.89. The zero-order valence-electron chi connectivity index (χ0n) is 7.66. The van der Waals surface area contributed by atoms with Gasteiger partial charge in [0.25, 0.3) is 0 Å². The quantitative estimate of drug-likeness (QED) is 0.711. The topological polar surface area (TPSA) is 43.1 Å². The molecule has 0 fully saturated rings. The SMILES string of the molecule is Cc1ccc(C=O)c(/C=C/CN)c1. The lowest BCUT2D eigenvalue weighted by Gasteiger charge is -1.99. The summed E-state index contributed by atoms with van der Waals surface area (Å²) in [4.78, 5) is 10.6. The first-order valence-electron chi connectivity index (χ1n) is 4.20. The molecule has 0 atom stereocenters. The Kier molecular flexibility index (Phi) is 3.41. The van der Waals surface area contributed by atoms with E-state index in [1.807, 2.05) is 37.3 Å². The molecule has 13 heavy (non-hydrogen) atoms. The van der Waals surface area contributed by atoms with E-state index in [2.05, 4.69) is 0 Å². The summed E-state index contributed by atoms with van der Waals surface area (Å²) in [6.07, 6.45) is 4.56. The average Bonchev–Trinajstić information content (AvgIpc) is 2.15. The van der Waals surface area contributed by atoms with Gasteiger partial charge in [-0.3, -0.25) is 4.79 Å². The van der Waals surface area contributed by atoms with Crippen LogP contribution in [0.2, 0.25) is 0 Å². The van der Waals surface area contributed by atoms with Crippen LogP contribution in [0.3, 0.4) is 0 Å². The molecule has 1 aromatic rings. The Labute approximate surface area is 78.1 Å². The number of nitrogens with two attached hydrogens (primary N) is 1. The minimum Gasteiger partial charge on any atom is -0.327 e. The summed E-state index contributed by atoms with van der Waals surface area (Å²) in [6.45, 7) is 2.49. The molecule has 0 aliphatic carbocycles. The maximum Gasteiger partial charge on any atom is 0.150 e. The molecule has 0 amide bonds. The lowest BCUT2D eigenvalue weighted by Crippen LogP contribution is -1.93. The molecule has 0 bridgehead atoms.